The van der Waals surface area contributed by atoms with E-state index in [1.165, 1.54) is 22.3 Å². The highest BCUT2D eigenvalue weighted by Gasteiger charge is 2.42. The number of hydrogen-bond acceptors (Lipinski definition) is 2. The third-order valence-electron chi connectivity index (χ3n) is 7.05. The summed E-state index contributed by atoms with van der Waals surface area (Å²) in [4.78, 5) is 17.3. The van der Waals surface area contributed by atoms with E-state index in [0.717, 1.165) is 22.9 Å². The van der Waals surface area contributed by atoms with Gasteiger partial charge in [0.25, 0.3) is 0 Å². The van der Waals surface area contributed by atoms with E-state index >= 15 is 0 Å². The Labute approximate surface area is 182 Å². The molecule has 7 rings (SSSR count). The van der Waals surface area contributed by atoms with Gasteiger partial charge in [0.1, 0.15) is 0 Å². The Morgan fingerprint density at radius 3 is 2.26 bits per heavy atom. The normalized spacial score (nSPS) is 20.8. The van der Waals surface area contributed by atoms with Gasteiger partial charge in [-0.25, -0.2) is 0 Å². The smallest absolute Gasteiger partial charge is 0.224 e. The first-order valence-electron chi connectivity index (χ1n) is 11.1. The molecule has 0 saturated carbocycles. The number of amides is 1. The maximum atomic E-state index is 12.9. The van der Waals surface area contributed by atoms with Crippen LogP contribution in [0.4, 0.5) is 0 Å². The number of nitrogens with zero attached hydrogens (tertiary/aromatic N) is 1. The van der Waals surface area contributed by atoms with Crippen LogP contribution in [0, 0.1) is 5.92 Å². The quantitative estimate of drug-likeness (QED) is 0.509. The molecule has 1 unspecified atom stereocenters. The summed E-state index contributed by atoms with van der Waals surface area (Å²) in [5, 5.41) is 4.32. The summed E-state index contributed by atoms with van der Waals surface area (Å²) in [6, 6.07) is 27.7. The molecule has 1 atom stereocenters. The molecule has 0 fully saturated rings. The van der Waals surface area contributed by atoms with E-state index in [-0.39, 0.29) is 5.91 Å². The molecule has 3 aliphatic rings. The van der Waals surface area contributed by atoms with Crippen molar-refractivity contribution < 1.29 is 4.79 Å². The topological polar surface area (TPSA) is 42.0 Å². The first kappa shape index (κ1) is 18.3. The van der Waals surface area contributed by atoms with E-state index < -0.39 is 0 Å². The van der Waals surface area contributed by atoms with Crippen LogP contribution >= 0.6 is 0 Å². The molecule has 4 aromatic rings. The van der Waals surface area contributed by atoms with Crippen LogP contribution in [0.5, 0.6) is 0 Å². The molecule has 0 spiro atoms. The summed E-state index contributed by atoms with van der Waals surface area (Å²) in [6.45, 7) is 0.709. The van der Waals surface area contributed by atoms with Crippen LogP contribution in [-0.2, 0) is 11.2 Å². The van der Waals surface area contributed by atoms with E-state index in [0.29, 0.717) is 30.7 Å². The van der Waals surface area contributed by atoms with Gasteiger partial charge in [-0.15, -0.1) is 0 Å². The zero-order chi connectivity index (χ0) is 20.8. The molecule has 31 heavy (non-hydrogen) atoms. The predicted molar refractivity (Wildman–Crippen MR) is 123 cm³/mol. The number of hydrogen-bond donors (Lipinski definition) is 1. The number of nitrogens with one attached hydrogen (secondary N) is 1. The van der Waals surface area contributed by atoms with Gasteiger partial charge in [-0.1, -0.05) is 72.8 Å². The number of benzene rings is 3. The zero-order valence-electron chi connectivity index (χ0n) is 17.3. The molecule has 2 bridgehead atoms. The maximum Gasteiger partial charge on any atom is 0.224 e. The summed E-state index contributed by atoms with van der Waals surface area (Å²) >= 11 is 0. The van der Waals surface area contributed by atoms with Crippen LogP contribution in [-0.4, -0.2) is 17.4 Å². The Hall–Kier alpha value is -3.46. The van der Waals surface area contributed by atoms with Crippen LogP contribution in [0.15, 0.2) is 85.1 Å². The van der Waals surface area contributed by atoms with Crippen LogP contribution in [0.3, 0.4) is 0 Å². The monoisotopic (exact) mass is 404 g/mol. The fourth-order valence-electron chi connectivity index (χ4n) is 5.75. The second-order valence-corrected chi connectivity index (χ2v) is 8.76. The Bertz CT molecular complexity index is 1240. The highest BCUT2D eigenvalue weighted by molar-refractivity contribution is 5.87. The average molecular weight is 405 g/mol. The summed E-state index contributed by atoms with van der Waals surface area (Å²) in [7, 11) is 0. The number of fused-ring (bicyclic) bond motifs is 2. The maximum absolute atomic E-state index is 12.9. The molecule has 3 heteroatoms. The summed E-state index contributed by atoms with van der Waals surface area (Å²) in [5.41, 5.74) is 7.72. The van der Waals surface area contributed by atoms with Crippen LogP contribution < -0.4 is 5.32 Å². The van der Waals surface area contributed by atoms with E-state index in [2.05, 4.69) is 58.8 Å². The van der Waals surface area contributed by atoms with Gasteiger partial charge in [0.15, 0.2) is 0 Å². The van der Waals surface area contributed by atoms with Crippen molar-refractivity contribution in [2.75, 3.05) is 6.54 Å². The van der Waals surface area contributed by atoms with E-state index in [4.69, 9.17) is 0 Å². The SMILES string of the molecule is O=C(Cc1cccc2cccnc12)NCC1CC2c3ccccc3C1c1ccccc12. The molecule has 1 amide bonds. The van der Waals surface area contributed by atoms with Crippen molar-refractivity contribution >= 4 is 16.8 Å². The number of carbonyl (C=O) groups is 1. The third-order valence-corrected chi connectivity index (χ3v) is 7.05. The van der Waals surface area contributed by atoms with Gasteiger partial charge in [0.2, 0.25) is 5.91 Å². The van der Waals surface area contributed by atoms with Crippen molar-refractivity contribution in [1.82, 2.24) is 10.3 Å². The van der Waals surface area contributed by atoms with E-state index in [1.807, 2.05) is 30.3 Å². The minimum atomic E-state index is 0.0705. The zero-order valence-corrected chi connectivity index (χ0v) is 17.3. The van der Waals surface area contributed by atoms with Crippen molar-refractivity contribution in [3.63, 3.8) is 0 Å². The first-order chi connectivity index (χ1) is 15.3. The molecule has 1 N–H and O–H groups in total. The molecule has 3 aromatic carbocycles. The Balaban J connectivity index is 1.23. The standard InChI is InChI=1S/C28H24N2O/c31-26(16-19-8-5-7-18-9-6-14-29-28(18)19)30-17-20-15-25-21-10-1-3-12-23(21)27(20)24-13-4-2-11-22(24)25/h1-14,20,25,27H,15-17H2,(H,30,31). The van der Waals surface area contributed by atoms with Gasteiger partial charge >= 0.3 is 0 Å². The van der Waals surface area contributed by atoms with Crippen molar-refractivity contribution in [2.45, 2.75) is 24.7 Å². The number of pyridine rings is 1. The molecule has 1 heterocycles. The highest BCUT2D eigenvalue weighted by atomic mass is 16.1. The van der Waals surface area contributed by atoms with Crippen LogP contribution in [0.25, 0.3) is 10.9 Å². The fraction of sp³-hybridized carbons (Fsp3) is 0.214. The fourth-order valence-corrected chi connectivity index (χ4v) is 5.75. The van der Waals surface area contributed by atoms with E-state index in [1.54, 1.807) is 6.20 Å². The van der Waals surface area contributed by atoms with Crippen LogP contribution in [0.1, 0.15) is 46.1 Å². The lowest BCUT2D eigenvalue weighted by atomic mass is 9.59. The Kier molecular flexibility index (Phi) is 4.34. The van der Waals surface area contributed by atoms with E-state index in [9.17, 15) is 4.79 Å². The first-order valence-corrected chi connectivity index (χ1v) is 11.1. The Morgan fingerprint density at radius 2 is 1.52 bits per heavy atom. The largest absolute Gasteiger partial charge is 0.356 e. The lowest BCUT2D eigenvalue weighted by Crippen LogP contribution is -2.39. The average Bonchev–Trinajstić information content (AvgIpc) is 2.83. The Morgan fingerprint density at radius 1 is 0.839 bits per heavy atom. The minimum absolute atomic E-state index is 0.0705. The van der Waals surface area contributed by atoms with Gasteiger partial charge in [-0.3, -0.25) is 9.78 Å². The molecule has 0 aliphatic heterocycles. The molecule has 0 saturated heterocycles. The van der Waals surface area contributed by atoms with Gasteiger partial charge in [0.05, 0.1) is 11.9 Å². The minimum Gasteiger partial charge on any atom is -0.356 e. The molecule has 3 nitrogen and oxygen atoms in total. The number of carbonyl (C=O) groups excluding carboxylic acids is 1. The van der Waals surface area contributed by atoms with Gasteiger partial charge in [-0.2, -0.15) is 0 Å². The predicted octanol–water partition coefficient (Wildman–Crippen LogP) is 5.19. The second kappa shape index (κ2) is 7.35. The highest BCUT2D eigenvalue weighted by Crippen LogP contribution is 2.55. The lowest BCUT2D eigenvalue weighted by Gasteiger charge is -2.45. The third kappa shape index (κ3) is 3.04. The van der Waals surface area contributed by atoms with Crippen molar-refractivity contribution in [3.8, 4) is 0 Å². The molecular weight excluding hydrogens is 380 g/mol. The molecule has 152 valence electrons. The van der Waals surface area contributed by atoms with Gasteiger partial charge in [0, 0.05) is 30.0 Å². The summed E-state index contributed by atoms with van der Waals surface area (Å²) in [6.07, 6.45) is 3.24. The lowest BCUT2D eigenvalue weighted by molar-refractivity contribution is -0.120. The number of rotatable bonds is 4. The molecule has 1 aromatic heterocycles. The van der Waals surface area contributed by atoms with Gasteiger partial charge < -0.3 is 5.32 Å². The summed E-state index contributed by atoms with van der Waals surface area (Å²) < 4.78 is 0. The van der Waals surface area contributed by atoms with Crippen molar-refractivity contribution in [2.24, 2.45) is 5.92 Å². The van der Waals surface area contributed by atoms with Crippen molar-refractivity contribution in [1.29, 1.82) is 0 Å². The molecule has 3 aliphatic carbocycles. The number of para-hydroxylation sites is 1. The second-order valence-electron chi connectivity index (χ2n) is 8.76. The number of aromatic nitrogens is 1. The molecular formula is C28H24N2O. The summed E-state index contributed by atoms with van der Waals surface area (Å²) in [5.74, 6) is 1.28. The van der Waals surface area contributed by atoms with Gasteiger partial charge in [-0.05, 0) is 46.2 Å². The molecule has 0 radical (unpaired) electrons. The van der Waals surface area contributed by atoms with Crippen LogP contribution in [0.2, 0.25) is 0 Å². The van der Waals surface area contributed by atoms with Crippen molar-refractivity contribution in [3.05, 3.63) is 113 Å².